The molecular weight excluding hydrogens is 482 g/mol. The molecule has 0 radical (unpaired) electrons. The van der Waals surface area contributed by atoms with E-state index in [4.69, 9.17) is 9.47 Å². The van der Waals surface area contributed by atoms with E-state index >= 15 is 0 Å². The normalized spacial score (nSPS) is 10.6. The highest BCUT2D eigenvalue weighted by molar-refractivity contribution is 9.10. The fourth-order valence-electron chi connectivity index (χ4n) is 2.58. The molecule has 0 aliphatic carbocycles. The third-order valence-electron chi connectivity index (χ3n) is 4.19. The van der Waals surface area contributed by atoms with Crippen LogP contribution in [0.3, 0.4) is 0 Å². The van der Waals surface area contributed by atoms with Crippen LogP contribution in [-0.4, -0.2) is 30.1 Å². The topological polar surface area (TPSA) is 120 Å². The SMILES string of the molecule is COc1ccc(C(=O)Oc2ccc(Br)cc2/C=N/NC(=O)c2cccc([N+](=O)[O-])c2)cc1. The molecule has 32 heavy (non-hydrogen) atoms. The average molecular weight is 498 g/mol. The van der Waals surface area contributed by atoms with Crippen LogP contribution >= 0.6 is 15.9 Å². The molecule has 0 spiro atoms. The second-order valence-electron chi connectivity index (χ2n) is 6.31. The molecule has 0 saturated carbocycles. The van der Waals surface area contributed by atoms with Crippen LogP contribution in [0.4, 0.5) is 5.69 Å². The Kier molecular flexibility index (Phi) is 7.29. The Bertz CT molecular complexity index is 1190. The number of esters is 1. The van der Waals surface area contributed by atoms with Gasteiger partial charge in [0.1, 0.15) is 11.5 Å². The Balaban J connectivity index is 1.73. The molecule has 0 bridgehead atoms. The van der Waals surface area contributed by atoms with Crippen molar-refractivity contribution in [3.8, 4) is 11.5 Å². The monoisotopic (exact) mass is 497 g/mol. The smallest absolute Gasteiger partial charge is 0.343 e. The first kappa shape index (κ1) is 22.6. The van der Waals surface area contributed by atoms with Crippen molar-refractivity contribution in [2.75, 3.05) is 7.11 Å². The molecule has 3 aromatic carbocycles. The van der Waals surface area contributed by atoms with E-state index in [9.17, 15) is 19.7 Å². The Morgan fingerprint density at radius 1 is 1.06 bits per heavy atom. The number of nitro benzene ring substituents is 1. The van der Waals surface area contributed by atoms with Crippen LogP contribution in [-0.2, 0) is 0 Å². The van der Waals surface area contributed by atoms with Crippen molar-refractivity contribution in [1.82, 2.24) is 5.43 Å². The minimum atomic E-state index is -0.628. The van der Waals surface area contributed by atoms with Gasteiger partial charge in [0.25, 0.3) is 11.6 Å². The lowest BCUT2D eigenvalue weighted by Crippen LogP contribution is -2.18. The molecule has 0 fully saturated rings. The summed E-state index contributed by atoms with van der Waals surface area (Å²) in [5.41, 5.74) is 2.92. The fourth-order valence-corrected chi connectivity index (χ4v) is 2.96. The van der Waals surface area contributed by atoms with Gasteiger partial charge in [-0.1, -0.05) is 22.0 Å². The van der Waals surface area contributed by atoms with E-state index in [1.54, 1.807) is 42.5 Å². The van der Waals surface area contributed by atoms with E-state index in [1.165, 1.54) is 31.5 Å². The van der Waals surface area contributed by atoms with Gasteiger partial charge in [-0.05, 0) is 48.5 Å². The van der Waals surface area contributed by atoms with Crippen molar-refractivity contribution < 1.29 is 24.0 Å². The third-order valence-corrected chi connectivity index (χ3v) is 4.68. The molecule has 0 unspecified atom stereocenters. The molecule has 0 saturated heterocycles. The molecular formula is C22H16BrN3O6. The zero-order chi connectivity index (χ0) is 23.1. The maximum Gasteiger partial charge on any atom is 0.343 e. The van der Waals surface area contributed by atoms with E-state index < -0.39 is 16.8 Å². The second kappa shape index (κ2) is 10.3. The highest BCUT2D eigenvalue weighted by atomic mass is 79.9. The van der Waals surface area contributed by atoms with E-state index in [0.29, 0.717) is 21.3 Å². The number of carbonyl (C=O) groups is 2. The summed E-state index contributed by atoms with van der Waals surface area (Å²) >= 11 is 3.34. The summed E-state index contributed by atoms with van der Waals surface area (Å²) in [4.78, 5) is 35.0. The van der Waals surface area contributed by atoms with Crippen molar-refractivity contribution in [1.29, 1.82) is 0 Å². The van der Waals surface area contributed by atoms with Crippen LogP contribution < -0.4 is 14.9 Å². The maximum atomic E-state index is 12.5. The highest BCUT2D eigenvalue weighted by Crippen LogP contribution is 2.23. The zero-order valence-corrected chi connectivity index (χ0v) is 18.2. The van der Waals surface area contributed by atoms with Crippen LogP contribution in [0.15, 0.2) is 76.3 Å². The molecule has 1 N–H and O–H groups in total. The number of ether oxygens (including phenoxy) is 2. The van der Waals surface area contributed by atoms with Crippen molar-refractivity contribution in [3.63, 3.8) is 0 Å². The number of methoxy groups -OCH3 is 1. The molecule has 162 valence electrons. The third kappa shape index (κ3) is 5.76. The summed E-state index contributed by atoms with van der Waals surface area (Å²) in [6.07, 6.45) is 1.30. The van der Waals surface area contributed by atoms with Gasteiger partial charge < -0.3 is 9.47 Å². The molecule has 0 heterocycles. The quantitative estimate of drug-likeness (QED) is 0.170. The van der Waals surface area contributed by atoms with Gasteiger partial charge in [-0.3, -0.25) is 14.9 Å². The molecule has 3 aromatic rings. The first-order valence-electron chi connectivity index (χ1n) is 9.11. The lowest BCUT2D eigenvalue weighted by atomic mass is 10.2. The first-order chi connectivity index (χ1) is 15.4. The Hall–Kier alpha value is -4.05. The summed E-state index contributed by atoms with van der Waals surface area (Å²) in [6.45, 7) is 0. The minimum absolute atomic E-state index is 0.0803. The number of amides is 1. The minimum Gasteiger partial charge on any atom is -0.497 e. The number of rotatable bonds is 7. The number of benzene rings is 3. The maximum absolute atomic E-state index is 12.5. The zero-order valence-electron chi connectivity index (χ0n) is 16.7. The predicted molar refractivity (Wildman–Crippen MR) is 120 cm³/mol. The molecule has 0 aliphatic heterocycles. The van der Waals surface area contributed by atoms with Crippen molar-refractivity contribution >= 4 is 39.7 Å². The van der Waals surface area contributed by atoms with Crippen LogP contribution in [0.1, 0.15) is 26.3 Å². The van der Waals surface area contributed by atoms with E-state index in [-0.39, 0.29) is 17.0 Å². The number of hydrogen-bond acceptors (Lipinski definition) is 7. The summed E-state index contributed by atoms with van der Waals surface area (Å²) in [5, 5.41) is 14.7. The Morgan fingerprint density at radius 3 is 2.50 bits per heavy atom. The number of nitro groups is 1. The van der Waals surface area contributed by atoms with Crippen LogP contribution in [0.2, 0.25) is 0 Å². The molecule has 0 aliphatic rings. The average Bonchev–Trinajstić information content (AvgIpc) is 2.80. The van der Waals surface area contributed by atoms with Gasteiger partial charge in [0.2, 0.25) is 0 Å². The number of non-ortho nitro benzene ring substituents is 1. The van der Waals surface area contributed by atoms with Crippen LogP contribution in [0.25, 0.3) is 0 Å². The standard InChI is InChI=1S/C22H16BrN3O6/c1-31-19-8-5-14(6-9-19)22(28)32-20-10-7-17(23)11-16(20)13-24-25-21(27)15-3-2-4-18(12-15)26(29)30/h2-13H,1H3,(H,25,27)/b24-13+. The van der Waals surface area contributed by atoms with E-state index in [1.807, 2.05) is 0 Å². The van der Waals surface area contributed by atoms with E-state index in [2.05, 4.69) is 26.5 Å². The summed E-state index contributed by atoms with van der Waals surface area (Å²) in [6, 6.07) is 16.6. The van der Waals surface area contributed by atoms with Gasteiger partial charge in [-0.2, -0.15) is 5.10 Å². The van der Waals surface area contributed by atoms with Crippen LogP contribution in [0.5, 0.6) is 11.5 Å². The fraction of sp³-hybridized carbons (Fsp3) is 0.0455. The second-order valence-corrected chi connectivity index (χ2v) is 7.22. The highest BCUT2D eigenvalue weighted by Gasteiger charge is 2.13. The van der Waals surface area contributed by atoms with Gasteiger partial charge in [0.05, 0.1) is 23.8 Å². The first-order valence-corrected chi connectivity index (χ1v) is 9.90. The lowest BCUT2D eigenvalue weighted by Gasteiger charge is -2.08. The largest absolute Gasteiger partial charge is 0.497 e. The number of nitrogens with one attached hydrogen (secondary N) is 1. The summed E-state index contributed by atoms with van der Waals surface area (Å²) < 4.78 is 11.2. The number of hydrogen-bond donors (Lipinski definition) is 1. The van der Waals surface area contributed by atoms with E-state index in [0.717, 1.165) is 6.07 Å². The molecule has 3 rings (SSSR count). The number of halogens is 1. The van der Waals surface area contributed by atoms with Gasteiger partial charge in [0, 0.05) is 27.7 Å². The Labute approximate surface area is 190 Å². The summed E-state index contributed by atoms with van der Waals surface area (Å²) in [5.74, 6) is -0.373. The van der Waals surface area contributed by atoms with Gasteiger partial charge in [0.15, 0.2) is 0 Å². The molecule has 0 atom stereocenters. The lowest BCUT2D eigenvalue weighted by molar-refractivity contribution is -0.384. The Morgan fingerprint density at radius 2 is 1.81 bits per heavy atom. The van der Waals surface area contributed by atoms with Crippen molar-refractivity contribution in [3.05, 3.63) is 98.0 Å². The van der Waals surface area contributed by atoms with Crippen molar-refractivity contribution in [2.45, 2.75) is 0 Å². The molecule has 9 nitrogen and oxygen atoms in total. The molecule has 1 amide bonds. The summed E-state index contributed by atoms with van der Waals surface area (Å²) in [7, 11) is 1.53. The van der Waals surface area contributed by atoms with Gasteiger partial charge in [-0.15, -0.1) is 0 Å². The number of hydrazone groups is 1. The predicted octanol–water partition coefficient (Wildman–Crippen LogP) is 4.35. The molecule has 0 aromatic heterocycles. The van der Waals surface area contributed by atoms with Gasteiger partial charge in [-0.25, -0.2) is 10.2 Å². The molecule has 10 heteroatoms. The van der Waals surface area contributed by atoms with Crippen LogP contribution in [0, 0.1) is 10.1 Å². The van der Waals surface area contributed by atoms with Gasteiger partial charge >= 0.3 is 5.97 Å². The number of carbonyl (C=O) groups excluding carboxylic acids is 2. The van der Waals surface area contributed by atoms with Crippen molar-refractivity contribution in [2.24, 2.45) is 5.10 Å². The number of nitrogens with zero attached hydrogens (tertiary/aromatic N) is 2.